The van der Waals surface area contributed by atoms with E-state index in [9.17, 15) is 19.2 Å². The number of hydrogen-bond donors (Lipinski definition) is 3. The monoisotopic (exact) mass is 1200 g/mol. The lowest BCUT2D eigenvalue weighted by molar-refractivity contribution is -0.141. The number of carbonyl (C=O) groups excluding carboxylic acids is 4. The van der Waals surface area contributed by atoms with Crippen LogP contribution in [0, 0.1) is 0 Å². The summed E-state index contributed by atoms with van der Waals surface area (Å²) in [7, 11) is 4.15. The molecule has 4 heterocycles. The van der Waals surface area contributed by atoms with Crippen LogP contribution < -0.4 is 25.4 Å². The van der Waals surface area contributed by atoms with Gasteiger partial charge >= 0.3 is 6.03 Å². The minimum absolute atomic E-state index is 0.0280. The fourth-order valence-corrected chi connectivity index (χ4v) is 11.0. The molecule has 1 unspecified atom stereocenters. The highest BCUT2D eigenvalue weighted by Gasteiger charge is 2.41. The van der Waals surface area contributed by atoms with E-state index in [1.165, 1.54) is 11.3 Å². The van der Waals surface area contributed by atoms with Crippen LogP contribution in [0.5, 0.6) is 11.5 Å². The molecular formula is C63H81N11O9S2. The zero-order valence-electron chi connectivity index (χ0n) is 49.0. The number of carbonyl (C=O) groups is 4. The predicted molar refractivity (Wildman–Crippen MR) is 334 cm³/mol. The molecule has 6 aromatic rings. The number of benzene rings is 3. The Kier molecular flexibility index (Phi) is 25.5. The third-order valence-corrected chi connectivity index (χ3v) is 16.2. The van der Waals surface area contributed by atoms with Gasteiger partial charge in [0, 0.05) is 80.1 Å². The maximum Gasteiger partial charge on any atom is 0.325 e. The van der Waals surface area contributed by atoms with E-state index in [0.717, 1.165) is 90.1 Å². The third kappa shape index (κ3) is 21.3. The Labute approximate surface area is 506 Å². The van der Waals surface area contributed by atoms with Gasteiger partial charge in [-0.3, -0.25) is 19.7 Å². The number of nitrogens with zero attached hydrogens (tertiary/aromatic N) is 8. The summed E-state index contributed by atoms with van der Waals surface area (Å²) < 4.78 is 32.1. The van der Waals surface area contributed by atoms with Gasteiger partial charge in [0.15, 0.2) is 5.13 Å². The van der Waals surface area contributed by atoms with Gasteiger partial charge in [0.05, 0.1) is 70.6 Å². The summed E-state index contributed by atoms with van der Waals surface area (Å²) in [6.45, 7) is 17.4. The number of amides is 5. The molecule has 0 bridgehead atoms. The number of aryl methyl sites for hydroxylation is 1. The molecule has 2 fully saturated rings. The lowest BCUT2D eigenvalue weighted by Crippen LogP contribution is -2.47. The molecule has 20 nitrogen and oxygen atoms in total. The van der Waals surface area contributed by atoms with Crippen molar-refractivity contribution in [3.63, 3.8) is 0 Å². The summed E-state index contributed by atoms with van der Waals surface area (Å²) in [5.41, 5.74) is 4.77. The molecule has 8 rings (SSSR count). The highest BCUT2D eigenvalue weighted by Crippen LogP contribution is 2.37. The first-order chi connectivity index (χ1) is 41.5. The zero-order chi connectivity index (χ0) is 59.6. The van der Waals surface area contributed by atoms with Crippen LogP contribution in [0.25, 0.3) is 10.1 Å². The van der Waals surface area contributed by atoms with Crippen LogP contribution in [0.1, 0.15) is 60.7 Å². The number of urea groups is 1. The van der Waals surface area contributed by atoms with E-state index in [0.29, 0.717) is 121 Å². The number of fused-ring (bicyclic) bond motifs is 1. The second-order valence-electron chi connectivity index (χ2n) is 21.1. The van der Waals surface area contributed by atoms with E-state index in [1.54, 1.807) is 57.8 Å². The molecule has 22 heteroatoms. The molecular weight excluding hydrogens is 1120 g/mol. The van der Waals surface area contributed by atoms with Gasteiger partial charge in [0.1, 0.15) is 24.1 Å². The number of ether oxygens (including phenoxy) is 5. The first-order valence-corrected chi connectivity index (χ1v) is 31.0. The standard InChI is InChI=1S/C63H81N11O9S2/c1-5-9-47(6-2)44-64-61(77)60(50-14-13-49-25-41-84-57(49)42-50)74(54-17-18-54)58(75)23-12-48-10-19-55(20-11-48)82-33-8-7-26-70(3)31-35-80-38-37-79-34-24-52-45-73(69-68-52)32-36-81-39-40-83-56-21-15-51(16-22-56)65-62(78)67-63-66-53(46-85-63)43-59(76)72-29-27-71(4)28-30-72/h5-6,9-11,13-16,19-22,25,41-42,45-46,54,60H,1-2,7-8,12,17-18,23-24,26-40,43-44H2,3-4H3,(H,64,77)(H2,65,66,67,78)/b47-9+. The Bertz CT molecular complexity index is 3100. The van der Waals surface area contributed by atoms with E-state index in [-0.39, 0.29) is 30.2 Å². The van der Waals surface area contributed by atoms with Crippen molar-refractivity contribution in [3.05, 3.63) is 149 Å². The second-order valence-corrected chi connectivity index (χ2v) is 22.9. The van der Waals surface area contributed by atoms with E-state index < -0.39 is 12.1 Å². The van der Waals surface area contributed by atoms with Crippen molar-refractivity contribution in [2.45, 2.75) is 70.0 Å². The van der Waals surface area contributed by atoms with Gasteiger partial charge in [-0.05, 0) is 129 Å². The number of piperazine rings is 1. The molecule has 3 N–H and O–H groups in total. The van der Waals surface area contributed by atoms with Crippen LogP contribution in [-0.2, 0) is 54.4 Å². The number of nitrogens with one attached hydrogen (secondary N) is 3. The first-order valence-electron chi connectivity index (χ1n) is 29.2. The molecule has 1 saturated heterocycles. The van der Waals surface area contributed by atoms with Gasteiger partial charge in [-0.2, -0.15) is 0 Å². The topological polar surface area (TPSA) is 207 Å². The molecule has 5 amide bonds. The number of aromatic nitrogens is 4. The van der Waals surface area contributed by atoms with Crippen LogP contribution in [0.2, 0.25) is 0 Å². The Balaban J connectivity index is 0.607. The molecule has 3 aromatic carbocycles. The van der Waals surface area contributed by atoms with Crippen molar-refractivity contribution in [1.82, 2.24) is 44.9 Å². The van der Waals surface area contributed by atoms with Crippen molar-refractivity contribution in [2.75, 3.05) is 123 Å². The Morgan fingerprint density at radius 3 is 2.29 bits per heavy atom. The van der Waals surface area contributed by atoms with Gasteiger partial charge in [-0.15, -0.1) is 27.8 Å². The second kappa shape index (κ2) is 34.0. The molecule has 1 atom stereocenters. The Morgan fingerprint density at radius 2 is 1.53 bits per heavy atom. The summed E-state index contributed by atoms with van der Waals surface area (Å²) in [6.07, 6.45) is 12.5. The molecule has 3 aromatic heterocycles. The Hall–Kier alpha value is -7.31. The molecule has 85 heavy (non-hydrogen) atoms. The molecule has 1 saturated carbocycles. The van der Waals surface area contributed by atoms with Crippen molar-refractivity contribution >= 4 is 67.3 Å². The van der Waals surface area contributed by atoms with Gasteiger partial charge in [0.25, 0.3) is 0 Å². The van der Waals surface area contributed by atoms with Crippen LogP contribution in [-0.4, -0.2) is 182 Å². The zero-order valence-corrected chi connectivity index (χ0v) is 50.6. The van der Waals surface area contributed by atoms with Gasteiger partial charge in [0.2, 0.25) is 17.7 Å². The highest BCUT2D eigenvalue weighted by molar-refractivity contribution is 7.17. The largest absolute Gasteiger partial charge is 0.494 e. The van der Waals surface area contributed by atoms with Crippen LogP contribution in [0.4, 0.5) is 15.6 Å². The van der Waals surface area contributed by atoms with Crippen LogP contribution in [0.15, 0.2) is 127 Å². The molecule has 2 aliphatic rings. The SMILES string of the molecule is C=C/C=C(\C=C)CNC(=O)C(c1ccc2ccsc2c1)N(C(=O)CCc1ccc(OCCCCN(C)CCOCCOCCc2cn(CCOCCOc3ccc(NC(=O)Nc4nc(CC(=O)N5CCN(C)CC5)cs4)cc3)nn2)cc1)C1CC1. The fourth-order valence-electron chi connectivity index (χ4n) is 9.47. The van der Waals surface area contributed by atoms with Gasteiger partial charge in [-0.25, -0.2) is 14.5 Å². The van der Waals surface area contributed by atoms with Crippen LogP contribution >= 0.6 is 22.7 Å². The summed E-state index contributed by atoms with van der Waals surface area (Å²) in [6, 6.07) is 22.0. The Morgan fingerprint density at radius 1 is 0.788 bits per heavy atom. The molecule has 0 radical (unpaired) electrons. The molecule has 454 valence electrons. The smallest absolute Gasteiger partial charge is 0.325 e. The third-order valence-electron chi connectivity index (χ3n) is 14.5. The summed E-state index contributed by atoms with van der Waals surface area (Å²) in [5.74, 6) is 1.26. The maximum absolute atomic E-state index is 14.1. The van der Waals surface area contributed by atoms with Crippen molar-refractivity contribution in [3.8, 4) is 11.5 Å². The van der Waals surface area contributed by atoms with Crippen molar-refractivity contribution in [2.24, 2.45) is 0 Å². The molecule has 1 aliphatic carbocycles. The number of unbranched alkanes of at least 4 members (excludes halogenated alkanes) is 1. The average Bonchev–Trinajstić information content (AvgIpc) is 4.05. The van der Waals surface area contributed by atoms with E-state index in [1.807, 2.05) is 77.0 Å². The highest BCUT2D eigenvalue weighted by atomic mass is 32.1. The number of anilines is 2. The van der Waals surface area contributed by atoms with Gasteiger partial charge in [-0.1, -0.05) is 60.9 Å². The van der Waals surface area contributed by atoms with E-state index >= 15 is 0 Å². The van der Waals surface area contributed by atoms with Crippen molar-refractivity contribution in [1.29, 1.82) is 0 Å². The minimum atomic E-state index is -0.739. The number of thiophene rings is 1. The quantitative estimate of drug-likeness (QED) is 0.0247. The fraction of sp³-hybridized carbons (Fsp3) is 0.444. The minimum Gasteiger partial charge on any atom is -0.494 e. The first kappa shape index (κ1) is 63.7. The number of thiazole rings is 1. The summed E-state index contributed by atoms with van der Waals surface area (Å²) in [5, 5.41) is 22.4. The summed E-state index contributed by atoms with van der Waals surface area (Å²) in [4.78, 5) is 65.9. The molecule has 0 spiro atoms. The lowest BCUT2D eigenvalue weighted by Gasteiger charge is -2.32. The summed E-state index contributed by atoms with van der Waals surface area (Å²) >= 11 is 2.91. The normalized spacial score (nSPS) is 14.1. The number of allylic oxidation sites excluding steroid dienone is 2. The number of rotatable bonds is 37. The molecule has 1 aliphatic heterocycles. The number of likely N-dealkylation sites (N-methyl/N-ethyl adjacent to an activating group) is 2. The van der Waals surface area contributed by atoms with Gasteiger partial charge < -0.3 is 53.9 Å². The van der Waals surface area contributed by atoms with Crippen molar-refractivity contribution < 1.29 is 42.9 Å². The average molecular weight is 1200 g/mol. The van der Waals surface area contributed by atoms with E-state index in [4.69, 9.17) is 23.7 Å². The van der Waals surface area contributed by atoms with E-state index in [2.05, 4.69) is 67.3 Å². The maximum atomic E-state index is 14.1. The van der Waals surface area contributed by atoms with Crippen LogP contribution in [0.3, 0.4) is 0 Å². The lowest BCUT2D eigenvalue weighted by atomic mass is 10.0. The predicted octanol–water partition coefficient (Wildman–Crippen LogP) is 8.45. The number of hydrogen-bond acceptors (Lipinski definition) is 16.